The Bertz CT molecular complexity index is 1510. The summed E-state index contributed by atoms with van der Waals surface area (Å²) in [5.74, 6) is -1.05. The molecule has 2 aliphatic heterocycles. The third-order valence-electron chi connectivity index (χ3n) is 8.04. The minimum atomic E-state index is -1.88. The van der Waals surface area contributed by atoms with Gasteiger partial charge >= 0.3 is 5.97 Å². The topological polar surface area (TPSA) is 90.6 Å². The molecule has 0 bridgehead atoms. The second-order valence-electron chi connectivity index (χ2n) is 10.6. The van der Waals surface area contributed by atoms with E-state index in [1.807, 2.05) is 20.8 Å². The van der Waals surface area contributed by atoms with Gasteiger partial charge in [0.15, 0.2) is 5.60 Å². The lowest BCUT2D eigenvalue weighted by Gasteiger charge is -2.31. The monoisotopic (exact) mass is 522 g/mol. The van der Waals surface area contributed by atoms with E-state index in [0.29, 0.717) is 54.0 Å². The molecule has 2 aliphatic rings. The molecule has 0 aliphatic carbocycles. The van der Waals surface area contributed by atoms with Gasteiger partial charge in [0, 0.05) is 29.2 Å². The molecule has 0 amide bonds. The molecule has 2 aromatic heterocycles. The molecule has 0 fully saturated rings. The van der Waals surface area contributed by atoms with Crippen LogP contribution < -0.4 is 5.56 Å². The molecule has 1 N–H and O–H groups in total. The number of rotatable bonds is 8. The second-order valence-corrected chi connectivity index (χ2v) is 10.6. The molecule has 0 saturated carbocycles. The highest BCUT2D eigenvalue weighted by Crippen LogP contribution is 2.41. The van der Waals surface area contributed by atoms with Crippen LogP contribution >= 0.6 is 0 Å². The van der Waals surface area contributed by atoms with Gasteiger partial charge in [0.05, 0.1) is 35.1 Å². The number of benzene rings is 1. The molecule has 5 rings (SSSR count). The van der Waals surface area contributed by atoms with Crippen LogP contribution in [-0.4, -0.2) is 33.3 Å². The summed E-state index contributed by atoms with van der Waals surface area (Å²) in [5, 5.41) is 12.1. The molecule has 0 spiro atoms. The average Bonchev–Trinajstić information content (AvgIpc) is 3.25. The molecule has 3 aromatic rings. The molecular weight excluding hydrogens is 487 g/mol. The number of pyridine rings is 2. The summed E-state index contributed by atoms with van der Waals surface area (Å²) in [4.78, 5) is 30.9. The fourth-order valence-corrected chi connectivity index (χ4v) is 5.91. The Morgan fingerprint density at radius 1 is 1.18 bits per heavy atom. The zero-order chi connectivity index (χ0) is 27.4. The molecule has 1 aromatic carbocycles. The van der Waals surface area contributed by atoms with Crippen molar-refractivity contribution in [2.45, 2.75) is 91.6 Å². The van der Waals surface area contributed by atoms with Gasteiger partial charge in [-0.2, -0.15) is 0 Å². The third-order valence-corrected chi connectivity index (χ3v) is 8.04. The molecule has 38 heavy (non-hydrogen) atoms. The van der Waals surface area contributed by atoms with Gasteiger partial charge in [-0.25, -0.2) is 14.2 Å². The highest BCUT2D eigenvalue weighted by atomic mass is 19.1. The largest absolute Gasteiger partial charge is 0.458 e. The van der Waals surface area contributed by atoms with Crippen molar-refractivity contribution in [2.75, 3.05) is 6.61 Å². The Labute approximate surface area is 221 Å². The lowest BCUT2D eigenvalue weighted by atomic mass is 9.86. The summed E-state index contributed by atoms with van der Waals surface area (Å²) in [6.07, 6.45) is 3.40. The van der Waals surface area contributed by atoms with Gasteiger partial charge in [0.25, 0.3) is 5.56 Å². The van der Waals surface area contributed by atoms with Crippen molar-refractivity contribution in [2.24, 2.45) is 0 Å². The van der Waals surface area contributed by atoms with E-state index in [1.54, 1.807) is 17.6 Å². The van der Waals surface area contributed by atoms with E-state index >= 15 is 4.39 Å². The first-order valence-corrected chi connectivity index (χ1v) is 13.5. The zero-order valence-electron chi connectivity index (χ0n) is 22.7. The van der Waals surface area contributed by atoms with Crippen molar-refractivity contribution < 1.29 is 23.8 Å². The number of unbranched alkanes of at least 4 members (excludes halogenated alkanes) is 1. The Hall–Kier alpha value is -3.10. The quantitative estimate of drug-likeness (QED) is 0.263. The van der Waals surface area contributed by atoms with Gasteiger partial charge in [0.1, 0.15) is 12.4 Å². The number of ether oxygens (including phenoxy) is 2. The van der Waals surface area contributed by atoms with E-state index in [4.69, 9.17) is 14.5 Å². The number of aliphatic hydroxyl groups is 1. The Morgan fingerprint density at radius 3 is 2.63 bits per heavy atom. The highest BCUT2D eigenvalue weighted by molar-refractivity contribution is 5.92. The number of aromatic nitrogens is 2. The van der Waals surface area contributed by atoms with Crippen LogP contribution in [0, 0.1) is 12.7 Å². The van der Waals surface area contributed by atoms with Crippen LogP contribution in [0.1, 0.15) is 80.3 Å². The van der Waals surface area contributed by atoms with Crippen LogP contribution in [-0.2, 0) is 45.9 Å². The van der Waals surface area contributed by atoms with Gasteiger partial charge in [-0.3, -0.25) is 4.79 Å². The van der Waals surface area contributed by atoms with Crippen molar-refractivity contribution in [3.05, 3.63) is 61.7 Å². The Balaban J connectivity index is 1.66. The Kier molecular flexibility index (Phi) is 6.90. The minimum absolute atomic E-state index is 0.0794. The molecule has 8 heteroatoms. The molecule has 1 atom stereocenters. The highest BCUT2D eigenvalue weighted by Gasteiger charge is 2.45. The van der Waals surface area contributed by atoms with E-state index in [1.165, 1.54) is 6.07 Å². The fourth-order valence-electron chi connectivity index (χ4n) is 5.91. The lowest BCUT2D eigenvalue weighted by molar-refractivity contribution is -0.172. The first kappa shape index (κ1) is 26.5. The first-order valence-electron chi connectivity index (χ1n) is 13.5. The second kappa shape index (κ2) is 9.89. The maximum absolute atomic E-state index is 15.1. The summed E-state index contributed by atoms with van der Waals surface area (Å²) >= 11 is 0. The number of carbonyl (C=O) groups excluding carboxylic acids is 1. The number of esters is 1. The van der Waals surface area contributed by atoms with Crippen LogP contribution in [0.25, 0.3) is 22.3 Å². The normalized spacial score (nSPS) is 18.1. The predicted octanol–water partition coefficient (Wildman–Crippen LogP) is 4.84. The smallest absolute Gasteiger partial charge is 0.343 e. The van der Waals surface area contributed by atoms with E-state index < -0.39 is 11.6 Å². The average molecular weight is 523 g/mol. The number of halogens is 1. The fraction of sp³-hybridized carbons (Fsp3) is 0.500. The van der Waals surface area contributed by atoms with E-state index in [-0.39, 0.29) is 36.1 Å². The Morgan fingerprint density at radius 2 is 1.95 bits per heavy atom. The van der Waals surface area contributed by atoms with Crippen LogP contribution in [0.15, 0.2) is 16.9 Å². The predicted molar refractivity (Wildman–Crippen MR) is 143 cm³/mol. The number of nitrogens with zero attached hydrogens (tertiary/aromatic N) is 2. The van der Waals surface area contributed by atoms with Crippen molar-refractivity contribution in [3.8, 4) is 11.4 Å². The summed E-state index contributed by atoms with van der Waals surface area (Å²) in [6, 6.07) is 3.18. The first-order chi connectivity index (χ1) is 18.1. The molecule has 0 saturated heterocycles. The molecule has 7 nitrogen and oxygen atoms in total. The third kappa shape index (κ3) is 4.05. The SMILES string of the molecule is CCc1c2c(nc3cc(F)c(C)c(CCCCOC(C)C)c13)-c1cc3c(c(=O)n1C2)COC(=O)[C@]3(O)CC. The van der Waals surface area contributed by atoms with Crippen molar-refractivity contribution in [3.63, 3.8) is 0 Å². The van der Waals surface area contributed by atoms with Gasteiger partial charge in [0.2, 0.25) is 0 Å². The summed E-state index contributed by atoms with van der Waals surface area (Å²) in [5.41, 5.74) is 3.66. The molecular formula is C30H35FN2O5. The number of cyclic esters (lactones) is 1. The number of fused-ring (bicyclic) bond motifs is 5. The summed E-state index contributed by atoms with van der Waals surface area (Å²) in [6.45, 7) is 10.4. The van der Waals surface area contributed by atoms with Crippen LogP contribution in [0.3, 0.4) is 0 Å². The van der Waals surface area contributed by atoms with Crippen molar-refractivity contribution in [1.29, 1.82) is 0 Å². The van der Waals surface area contributed by atoms with Crippen LogP contribution in [0.4, 0.5) is 4.39 Å². The summed E-state index contributed by atoms with van der Waals surface area (Å²) in [7, 11) is 0. The van der Waals surface area contributed by atoms with Crippen LogP contribution in [0.5, 0.6) is 0 Å². The van der Waals surface area contributed by atoms with E-state index in [0.717, 1.165) is 34.9 Å². The zero-order valence-corrected chi connectivity index (χ0v) is 22.7. The number of carbonyl (C=O) groups is 1. The maximum Gasteiger partial charge on any atom is 0.343 e. The number of aryl methyl sites for hydroxylation is 2. The van der Waals surface area contributed by atoms with Crippen molar-refractivity contribution >= 4 is 16.9 Å². The summed E-state index contributed by atoms with van der Waals surface area (Å²) < 4.78 is 27.6. The van der Waals surface area contributed by atoms with Gasteiger partial charge in [-0.1, -0.05) is 13.8 Å². The number of hydrogen-bond donors (Lipinski definition) is 1. The number of hydrogen-bond acceptors (Lipinski definition) is 6. The minimum Gasteiger partial charge on any atom is -0.458 e. The lowest BCUT2D eigenvalue weighted by Crippen LogP contribution is -2.44. The van der Waals surface area contributed by atoms with Gasteiger partial charge in [-0.15, -0.1) is 0 Å². The van der Waals surface area contributed by atoms with Crippen molar-refractivity contribution in [1.82, 2.24) is 9.55 Å². The maximum atomic E-state index is 15.1. The molecule has 0 radical (unpaired) electrons. The molecule has 4 heterocycles. The van der Waals surface area contributed by atoms with Crippen LogP contribution in [0.2, 0.25) is 0 Å². The van der Waals surface area contributed by atoms with Gasteiger partial charge < -0.3 is 19.1 Å². The molecule has 0 unspecified atom stereocenters. The van der Waals surface area contributed by atoms with E-state index in [2.05, 4.69) is 6.92 Å². The van der Waals surface area contributed by atoms with E-state index in [9.17, 15) is 14.7 Å². The molecule has 202 valence electrons. The van der Waals surface area contributed by atoms with Gasteiger partial charge in [-0.05, 0) is 75.6 Å². The standard InChI is InChI=1S/C30H35FN2O5/c1-6-18-20-14-33-25(12-22-21(28(33)34)15-38-29(35)30(22,36)7-2)27(20)32-24-13-23(31)17(5)19(26(18)24)10-8-9-11-37-16(3)4/h12-13,16,36H,6-11,14-15H2,1-5H3/t30-/m0/s1.